The van der Waals surface area contributed by atoms with Crippen LogP contribution >= 0.6 is 0 Å². The van der Waals surface area contributed by atoms with E-state index in [-0.39, 0.29) is 17.5 Å². The van der Waals surface area contributed by atoms with Gasteiger partial charge in [-0.05, 0) is 63.5 Å². The largest absolute Gasteiger partial charge is 0.458 e. The molecule has 220 valence electrons. The summed E-state index contributed by atoms with van der Waals surface area (Å²) in [6.07, 6.45) is 0. The maximum Gasteiger partial charge on any atom is 0.251 e. The molecular weight excluding hydrogens is 561 g/mol. The zero-order valence-electron chi connectivity index (χ0n) is 26.4. The van der Waals surface area contributed by atoms with Crippen LogP contribution in [0.5, 0.6) is 11.5 Å². The molecule has 46 heavy (non-hydrogen) atoms. The standard InChI is InChI=1S/C42H32BNO2/c1-41(2)28-14-6-8-16-32(28)43-33-17-9-12-20-37(33)46-39-22-25(21-31(41)40(39)43)44-34-18-10-7-15-29(34)42(3,4)30-23-27-26-13-5-11-19-36(26)45-38(27)24-35(30)44/h5-24H,1-4H3. The van der Waals surface area contributed by atoms with Gasteiger partial charge in [0.05, 0.1) is 17.1 Å². The van der Waals surface area contributed by atoms with Crippen LogP contribution in [-0.2, 0) is 10.8 Å². The number of hydrogen-bond acceptors (Lipinski definition) is 3. The molecule has 6 aromatic carbocycles. The molecule has 0 N–H and O–H groups in total. The minimum atomic E-state index is -0.219. The van der Waals surface area contributed by atoms with Crippen LogP contribution < -0.4 is 26.0 Å². The van der Waals surface area contributed by atoms with Crippen molar-refractivity contribution in [3.63, 3.8) is 0 Å². The molecule has 4 heterocycles. The molecular formula is C42H32BNO2. The van der Waals surface area contributed by atoms with Crippen LogP contribution in [0.2, 0.25) is 0 Å². The molecule has 4 heteroatoms. The number of rotatable bonds is 1. The number of fused-ring (bicyclic) bond motifs is 9. The fraction of sp³-hybridized carbons (Fsp3) is 0.143. The second-order valence-electron chi connectivity index (χ2n) is 14.1. The van der Waals surface area contributed by atoms with Gasteiger partial charge in [-0.25, -0.2) is 0 Å². The van der Waals surface area contributed by atoms with Gasteiger partial charge in [0.25, 0.3) is 6.71 Å². The quantitative estimate of drug-likeness (QED) is 0.178. The smallest absolute Gasteiger partial charge is 0.251 e. The van der Waals surface area contributed by atoms with E-state index in [0.29, 0.717) is 0 Å². The molecule has 0 bridgehead atoms. The van der Waals surface area contributed by atoms with E-state index >= 15 is 0 Å². The van der Waals surface area contributed by atoms with Crippen molar-refractivity contribution in [2.24, 2.45) is 0 Å². The van der Waals surface area contributed by atoms with Crippen molar-refractivity contribution in [2.75, 3.05) is 4.90 Å². The number of anilines is 3. The number of hydrogen-bond donors (Lipinski definition) is 0. The van der Waals surface area contributed by atoms with E-state index < -0.39 is 0 Å². The lowest BCUT2D eigenvalue weighted by atomic mass is 9.30. The number of ether oxygens (including phenoxy) is 1. The molecule has 0 atom stereocenters. The van der Waals surface area contributed by atoms with Crippen LogP contribution in [0.3, 0.4) is 0 Å². The normalized spacial score (nSPS) is 16.3. The van der Waals surface area contributed by atoms with Crippen molar-refractivity contribution in [1.82, 2.24) is 0 Å². The van der Waals surface area contributed by atoms with Gasteiger partial charge in [0.1, 0.15) is 22.7 Å². The van der Waals surface area contributed by atoms with E-state index in [2.05, 4.69) is 148 Å². The summed E-state index contributed by atoms with van der Waals surface area (Å²) >= 11 is 0. The Bertz CT molecular complexity index is 2430. The molecule has 0 aliphatic carbocycles. The monoisotopic (exact) mass is 593 g/mol. The summed E-state index contributed by atoms with van der Waals surface area (Å²) in [6, 6.07) is 44.1. The lowest BCUT2D eigenvalue weighted by Crippen LogP contribution is -2.62. The van der Waals surface area contributed by atoms with Crippen molar-refractivity contribution in [3.05, 3.63) is 144 Å². The van der Waals surface area contributed by atoms with Crippen LogP contribution in [0.4, 0.5) is 17.1 Å². The van der Waals surface area contributed by atoms with Gasteiger partial charge in [-0.3, -0.25) is 0 Å². The van der Waals surface area contributed by atoms with E-state index in [1.807, 2.05) is 6.07 Å². The highest BCUT2D eigenvalue weighted by Gasteiger charge is 2.46. The summed E-state index contributed by atoms with van der Waals surface area (Å²) in [4.78, 5) is 2.44. The number of nitrogens with zero attached hydrogens (tertiary/aromatic N) is 1. The molecule has 0 radical (unpaired) electrons. The van der Waals surface area contributed by atoms with E-state index in [1.54, 1.807) is 0 Å². The van der Waals surface area contributed by atoms with E-state index in [0.717, 1.165) is 44.8 Å². The molecule has 3 aliphatic heterocycles. The zero-order valence-corrected chi connectivity index (χ0v) is 26.4. The van der Waals surface area contributed by atoms with Crippen LogP contribution in [0.25, 0.3) is 21.9 Å². The lowest BCUT2D eigenvalue weighted by molar-refractivity contribution is 0.484. The first kappa shape index (κ1) is 26.0. The molecule has 0 unspecified atom stereocenters. The molecule has 0 saturated heterocycles. The topological polar surface area (TPSA) is 25.6 Å². The van der Waals surface area contributed by atoms with Gasteiger partial charge < -0.3 is 14.1 Å². The second kappa shape index (κ2) is 8.73. The van der Waals surface area contributed by atoms with Gasteiger partial charge in [-0.2, -0.15) is 0 Å². The number of furan rings is 1. The predicted octanol–water partition coefficient (Wildman–Crippen LogP) is 8.96. The lowest BCUT2D eigenvalue weighted by Gasteiger charge is -2.44. The van der Waals surface area contributed by atoms with Crippen LogP contribution in [0.1, 0.15) is 49.9 Å². The Labute approximate surface area is 269 Å². The minimum absolute atomic E-state index is 0.128. The van der Waals surface area contributed by atoms with Crippen molar-refractivity contribution >= 4 is 62.1 Å². The Hall–Kier alpha value is -5.22. The third-order valence-electron chi connectivity index (χ3n) is 11.0. The highest BCUT2D eigenvalue weighted by molar-refractivity contribution is 6.98. The summed E-state index contributed by atoms with van der Waals surface area (Å²) in [7, 11) is 0. The Kier molecular flexibility index (Phi) is 4.94. The molecule has 3 aliphatic rings. The van der Waals surface area contributed by atoms with Gasteiger partial charge in [0.15, 0.2) is 0 Å². The van der Waals surface area contributed by atoms with Crippen molar-refractivity contribution in [3.8, 4) is 11.5 Å². The summed E-state index contributed by atoms with van der Waals surface area (Å²) < 4.78 is 13.3. The molecule has 3 nitrogen and oxygen atoms in total. The average Bonchev–Trinajstić information content (AvgIpc) is 3.43. The van der Waals surface area contributed by atoms with Crippen LogP contribution in [-0.4, -0.2) is 6.71 Å². The fourth-order valence-corrected chi connectivity index (χ4v) is 8.71. The molecule has 7 aromatic rings. The maximum atomic E-state index is 6.85. The van der Waals surface area contributed by atoms with Gasteiger partial charge in [-0.1, -0.05) is 112 Å². The molecule has 0 saturated carbocycles. The molecule has 0 fully saturated rings. The molecule has 0 spiro atoms. The average molecular weight is 594 g/mol. The summed E-state index contributed by atoms with van der Waals surface area (Å²) in [5, 5.41) is 2.31. The minimum Gasteiger partial charge on any atom is -0.458 e. The SMILES string of the molecule is CC1(C)c2ccccc2N(c2cc3c4c(c2)C(C)(C)c2ccccc2B4c2ccccc2O3)c2cc3oc4ccccc4c3cc21. The van der Waals surface area contributed by atoms with Gasteiger partial charge in [-0.15, -0.1) is 0 Å². The van der Waals surface area contributed by atoms with Gasteiger partial charge >= 0.3 is 0 Å². The summed E-state index contributed by atoms with van der Waals surface area (Å²) in [5.41, 5.74) is 14.0. The predicted molar refractivity (Wildman–Crippen MR) is 190 cm³/mol. The highest BCUT2D eigenvalue weighted by atomic mass is 16.5. The molecule has 0 amide bonds. The zero-order chi connectivity index (χ0) is 30.9. The highest BCUT2D eigenvalue weighted by Crippen LogP contribution is 2.54. The number of para-hydroxylation sites is 3. The van der Waals surface area contributed by atoms with Gasteiger partial charge in [0, 0.05) is 33.7 Å². The van der Waals surface area contributed by atoms with E-state index in [4.69, 9.17) is 9.15 Å². The van der Waals surface area contributed by atoms with Crippen molar-refractivity contribution in [2.45, 2.75) is 38.5 Å². The third-order valence-corrected chi connectivity index (χ3v) is 11.0. The Morgan fingerprint density at radius 2 is 1.22 bits per heavy atom. The van der Waals surface area contributed by atoms with E-state index in [1.165, 1.54) is 44.3 Å². The first-order chi connectivity index (χ1) is 22.3. The molecule has 10 rings (SSSR count). The first-order valence-corrected chi connectivity index (χ1v) is 16.2. The Balaban J connectivity index is 1.28. The van der Waals surface area contributed by atoms with Crippen molar-refractivity contribution < 1.29 is 9.15 Å². The van der Waals surface area contributed by atoms with Gasteiger partial charge in [0.2, 0.25) is 0 Å². The first-order valence-electron chi connectivity index (χ1n) is 16.2. The van der Waals surface area contributed by atoms with Crippen LogP contribution in [0, 0.1) is 0 Å². The third kappa shape index (κ3) is 3.24. The maximum absolute atomic E-state index is 6.85. The fourth-order valence-electron chi connectivity index (χ4n) is 8.71. The Morgan fingerprint density at radius 1 is 0.522 bits per heavy atom. The Morgan fingerprint density at radius 3 is 2.09 bits per heavy atom. The number of benzene rings is 6. The molecule has 1 aromatic heterocycles. The van der Waals surface area contributed by atoms with Crippen molar-refractivity contribution in [1.29, 1.82) is 0 Å². The summed E-state index contributed by atoms with van der Waals surface area (Å²) in [5.74, 6) is 1.87. The van der Waals surface area contributed by atoms with E-state index in [9.17, 15) is 0 Å². The van der Waals surface area contributed by atoms with Crippen LogP contribution in [0.15, 0.2) is 126 Å². The second-order valence-corrected chi connectivity index (χ2v) is 14.1. The summed E-state index contributed by atoms with van der Waals surface area (Å²) in [6.45, 7) is 9.54.